The van der Waals surface area contributed by atoms with Crippen LogP contribution in [0.3, 0.4) is 0 Å². The van der Waals surface area contributed by atoms with Gasteiger partial charge in [-0.15, -0.1) is 0 Å². The molecule has 108 valence electrons. The van der Waals surface area contributed by atoms with Gasteiger partial charge in [0.2, 0.25) is 0 Å². The lowest BCUT2D eigenvalue weighted by atomic mass is 10.1. The maximum absolute atomic E-state index is 7.04. The van der Waals surface area contributed by atoms with Gasteiger partial charge in [-0.1, -0.05) is 48.5 Å². The van der Waals surface area contributed by atoms with Crippen molar-refractivity contribution in [2.24, 2.45) is 0 Å². The first-order valence-corrected chi connectivity index (χ1v) is 8.00. The Bertz CT molecular complexity index is 842. The van der Waals surface area contributed by atoms with Gasteiger partial charge in [-0.2, -0.15) is 0 Å². The van der Waals surface area contributed by atoms with Gasteiger partial charge in [-0.25, -0.2) is 9.83 Å². The molecule has 0 bridgehead atoms. The van der Waals surface area contributed by atoms with E-state index < -0.39 is 0 Å². The zero-order chi connectivity index (χ0) is 15.5. The van der Waals surface area contributed by atoms with Crippen LogP contribution in [0.15, 0.2) is 54.7 Å². The summed E-state index contributed by atoms with van der Waals surface area (Å²) in [5.74, 6) is 0.934. The third kappa shape index (κ3) is 2.90. The van der Waals surface area contributed by atoms with Gasteiger partial charge in [0, 0.05) is 5.56 Å². The first kappa shape index (κ1) is 14.8. The number of nitrogens with zero attached hydrogens (tertiary/aromatic N) is 3. The fraction of sp³-hybridized carbons (Fsp3) is 0.111. The third-order valence-electron chi connectivity index (χ3n) is 3.65. The summed E-state index contributed by atoms with van der Waals surface area (Å²) in [4.78, 5) is 7.98. The van der Waals surface area contributed by atoms with Gasteiger partial charge >= 0.3 is 0 Å². The van der Waals surface area contributed by atoms with Crippen molar-refractivity contribution in [2.45, 2.75) is 13.5 Å². The fourth-order valence-corrected chi connectivity index (χ4v) is 2.92. The highest BCUT2D eigenvalue weighted by Gasteiger charge is 2.11. The Morgan fingerprint density at radius 1 is 1.14 bits per heavy atom. The average Bonchev–Trinajstić information content (AvgIpc) is 2.91. The van der Waals surface area contributed by atoms with E-state index in [2.05, 4.69) is 68.2 Å². The molecule has 0 unspecified atom stereocenters. The highest BCUT2D eigenvalue weighted by Crippen LogP contribution is 2.25. The summed E-state index contributed by atoms with van der Waals surface area (Å²) in [6, 6.07) is 16.0. The van der Waals surface area contributed by atoms with E-state index in [1.165, 1.54) is 11.1 Å². The predicted molar refractivity (Wildman–Crippen MR) is 96.9 cm³/mol. The van der Waals surface area contributed by atoms with E-state index in [9.17, 15) is 0 Å². The van der Waals surface area contributed by atoms with E-state index in [1.807, 2.05) is 30.5 Å². The molecule has 0 saturated heterocycles. The smallest absolute Gasteiger partial charge is 0.187 e. The van der Waals surface area contributed by atoms with Crippen LogP contribution >= 0.6 is 22.6 Å². The number of hydrogen-bond acceptors (Lipinski definition) is 1. The lowest BCUT2D eigenvalue weighted by molar-refractivity contribution is 0.783. The molecule has 0 N–H and O–H groups in total. The molecule has 22 heavy (non-hydrogen) atoms. The average molecular weight is 399 g/mol. The van der Waals surface area contributed by atoms with Gasteiger partial charge in [0.05, 0.1) is 19.3 Å². The van der Waals surface area contributed by atoms with Crippen LogP contribution in [0.25, 0.3) is 16.2 Å². The molecule has 0 fully saturated rings. The van der Waals surface area contributed by atoms with Crippen LogP contribution in [-0.4, -0.2) is 9.55 Å². The van der Waals surface area contributed by atoms with Crippen molar-refractivity contribution in [3.8, 4) is 11.4 Å². The molecule has 2 aromatic carbocycles. The van der Waals surface area contributed by atoms with Crippen molar-refractivity contribution in [3.63, 3.8) is 0 Å². The molecular formula is C18H14IN3. The van der Waals surface area contributed by atoms with Crippen LogP contribution in [0.2, 0.25) is 0 Å². The van der Waals surface area contributed by atoms with E-state index in [4.69, 9.17) is 6.57 Å². The Kier molecular flexibility index (Phi) is 4.25. The number of rotatable bonds is 3. The van der Waals surface area contributed by atoms with Crippen molar-refractivity contribution >= 4 is 28.3 Å². The predicted octanol–water partition coefficient (Wildman–Crippen LogP) is 5.06. The quantitative estimate of drug-likeness (QED) is 0.446. The zero-order valence-electron chi connectivity index (χ0n) is 12.1. The molecule has 0 atom stereocenters. The van der Waals surface area contributed by atoms with Crippen molar-refractivity contribution in [1.29, 1.82) is 0 Å². The molecule has 0 spiro atoms. The summed E-state index contributed by atoms with van der Waals surface area (Å²) in [6.07, 6.45) is 1.89. The maximum atomic E-state index is 7.04. The third-order valence-corrected chi connectivity index (χ3v) is 4.51. The number of imidazole rings is 1. The van der Waals surface area contributed by atoms with Gasteiger partial charge in [0.1, 0.15) is 9.53 Å². The molecule has 1 aromatic heterocycles. The molecule has 0 aliphatic heterocycles. The summed E-state index contributed by atoms with van der Waals surface area (Å²) < 4.78 is 3.31. The Labute approximate surface area is 143 Å². The van der Waals surface area contributed by atoms with Crippen LogP contribution in [0.1, 0.15) is 11.1 Å². The van der Waals surface area contributed by atoms with Gasteiger partial charge in [-0.05, 0) is 40.6 Å². The molecule has 0 radical (unpaired) electrons. The molecule has 4 heteroatoms. The van der Waals surface area contributed by atoms with E-state index >= 15 is 0 Å². The second kappa shape index (κ2) is 6.32. The van der Waals surface area contributed by atoms with Gasteiger partial charge in [0.25, 0.3) is 0 Å². The highest BCUT2D eigenvalue weighted by molar-refractivity contribution is 14.1. The van der Waals surface area contributed by atoms with Gasteiger partial charge in [-0.3, -0.25) is 0 Å². The Balaban J connectivity index is 2.00. The Morgan fingerprint density at radius 2 is 1.86 bits per heavy atom. The van der Waals surface area contributed by atoms with Crippen molar-refractivity contribution in [2.75, 3.05) is 0 Å². The first-order valence-electron chi connectivity index (χ1n) is 6.92. The van der Waals surface area contributed by atoms with Crippen molar-refractivity contribution < 1.29 is 0 Å². The maximum Gasteiger partial charge on any atom is 0.187 e. The largest absolute Gasteiger partial charge is 0.315 e. The Morgan fingerprint density at radius 3 is 2.55 bits per heavy atom. The number of aryl methyl sites for hydroxylation is 1. The second-order valence-corrected chi connectivity index (χ2v) is 6.18. The monoisotopic (exact) mass is 399 g/mol. The summed E-state index contributed by atoms with van der Waals surface area (Å²) in [6.45, 7) is 9.97. The number of aromatic nitrogens is 2. The van der Waals surface area contributed by atoms with E-state index in [0.717, 1.165) is 21.6 Å². The summed E-state index contributed by atoms with van der Waals surface area (Å²) in [7, 11) is 0. The minimum Gasteiger partial charge on any atom is -0.315 e. The van der Waals surface area contributed by atoms with Crippen LogP contribution in [0.5, 0.6) is 0 Å². The summed E-state index contributed by atoms with van der Waals surface area (Å²) >= 11 is 2.31. The number of hydrogen-bond donors (Lipinski definition) is 0. The highest BCUT2D eigenvalue weighted by atomic mass is 127. The van der Waals surface area contributed by atoms with Crippen LogP contribution < -0.4 is 0 Å². The topological polar surface area (TPSA) is 22.2 Å². The molecule has 0 aliphatic rings. The number of halogens is 1. The first-order chi connectivity index (χ1) is 10.7. The summed E-state index contributed by atoms with van der Waals surface area (Å²) in [5, 5.41) is 0. The van der Waals surface area contributed by atoms with E-state index in [0.29, 0.717) is 5.69 Å². The molecule has 1 heterocycles. The molecule has 0 amide bonds. The summed E-state index contributed by atoms with van der Waals surface area (Å²) in [5.41, 5.74) is 4.25. The van der Waals surface area contributed by atoms with Crippen molar-refractivity contribution in [3.05, 3.63) is 81.0 Å². The molecular weight excluding hydrogens is 385 g/mol. The molecule has 3 aromatic rings. The SMILES string of the molecule is [C-]#[N+]c1ccc(-c2ncc(I)n2Cc2ccccc2C)cc1. The van der Waals surface area contributed by atoms with Crippen LogP contribution in [0.4, 0.5) is 5.69 Å². The minimum absolute atomic E-state index is 0.649. The van der Waals surface area contributed by atoms with Gasteiger partial charge in [0.15, 0.2) is 5.69 Å². The fourth-order valence-electron chi connectivity index (χ4n) is 2.38. The van der Waals surface area contributed by atoms with Crippen molar-refractivity contribution in [1.82, 2.24) is 9.55 Å². The van der Waals surface area contributed by atoms with E-state index in [-0.39, 0.29) is 0 Å². The minimum atomic E-state index is 0.649. The number of benzene rings is 2. The van der Waals surface area contributed by atoms with Gasteiger partial charge < -0.3 is 4.57 Å². The van der Waals surface area contributed by atoms with E-state index in [1.54, 1.807) is 0 Å². The zero-order valence-corrected chi connectivity index (χ0v) is 14.3. The lowest BCUT2D eigenvalue weighted by Gasteiger charge is -2.12. The standard InChI is InChI=1S/C18H14IN3/c1-13-5-3-4-6-15(13)12-22-17(19)11-21-18(22)14-7-9-16(20-2)10-8-14/h3-11H,12H2,1H3. The van der Waals surface area contributed by atoms with Crippen LogP contribution in [0, 0.1) is 17.2 Å². The lowest BCUT2D eigenvalue weighted by Crippen LogP contribution is -2.05. The van der Waals surface area contributed by atoms with Crippen LogP contribution in [-0.2, 0) is 6.54 Å². The molecule has 3 rings (SSSR count). The normalized spacial score (nSPS) is 10.4. The Hall–Kier alpha value is -2.13. The second-order valence-electron chi connectivity index (χ2n) is 5.08. The molecule has 0 saturated carbocycles. The molecule has 3 nitrogen and oxygen atoms in total. The molecule has 0 aliphatic carbocycles.